The van der Waals surface area contributed by atoms with Gasteiger partial charge in [-0.2, -0.15) is 0 Å². The molecule has 104 valence electrons. The maximum atomic E-state index is 12.0. The molecule has 1 N–H and O–H groups in total. The van der Waals surface area contributed by atoms with E-state index in [1.165, 1.54) is 0 Å². The Hall–Kier alpha value is -2.36. The number of carbonyl (C=O) groups excluding carboxylic acids is 1. The van der Waals surface area contributed by atoms with Gasteiger partial charge in [0.15, 0.2) is 0 Å². The zero-order valence-electron chi connectivity index (χ0n) is 12.1. The highest BCUT2D eigenvalue weighted by molar-refractivity contribution is 5.94. The Kier molecular flexibility index (Phi) is 4.35. The fourth-order valence-corrected chi connectivity index (χ4v) is 1.79. The molecule has 0 fully saturated rings. The Morgan fingerprint density at radius 2 is 1.85 bits per heavy atom. The predicted molar refractivity (Wildman–Crippen MR) is 80.9 cm³/mol. The molecule has 2 rings (SSSR count). The molecule has 0 spiro atoms. The van der Waals surface area contributed by atoms with E-state index in [4.69, 9.17) is 0 Å². The lowest BCUT2D eigenvalue weighted by atomic mass is 10.1. The van der Waals surface area contributed by atoms with Gasteiger partial charge in [0, 0.05) is 19.7 Å². The van der Waals surface area contributed by atoms with Crippen LogP contribution in [0.3, 0.4) is 0 Å². The Balaban J connectivity index is 1.99. The number of anilines is 1. The summed E-state index contributed by atoms with van der Waals surface area (Å²) in [7, 11) is 3.88. The molecule has 0 unspecified atom stereocenters. The van der Waals surface area contributed by atoms with Crippen molar-refractivity contribution < 1.29 is 4.79 Å². The lowest BCUT2D eigenvalue weighted by Crippen LogP contribution is -2.23. The zero-order valence-corrected chi connectivity index (χ0v) is 12.1. The zero-order chi connectivity index (χ0) is 14.5. The maximum absolute atomic E-state index is 12.0. The van der Waals surface area contributed by atoms with Gasteiger partial charge in [-0.05, 0) is 31.2 Å². The van der Waals surface area contributed by atoms with Crippen LogP contribution in [0, 0.1) is 6.92 Å². The molecule has 1 aromatic heterocycles. The van der Waals surface area contributed by atoms with Crippen molar-refractivity contribution in [2.24, 2.45) is 0 Å². The lowest BCUT2D eigenvalue weighted by Gasteiger charge is -2.12. The molecule has 0 radical (unpaired) electrons. The van der Waals surface area contributed by atoms with Gasteiger partial charge in [0.05, 0.1) is 12.2 Å². The first kappa shape index (κ1) is 14.1. The number of hydrogen-bond acceptors (Lipinski definition) is 3. The molecule has 0 saturated carbocycles. The molecule has 0 aliphatic heterocycles. The molecule has 0 atom stereocenters. The van der Waals surface area contributed by atoms with Gasteiger partial charge in [-0.15, -0.1) is 0 Å². The van der Waals surface area contributed by atoms with Crippen LogP contribution in [-0.2, 0) is 6.54 Å². The van der Waals surface area contributed by atoms with E-state index in [1.807, 2.05) is 68.4 Å². The first-order chi connectivity index (χ1) is 9.56. The monoisotopic (exact) mass is 269 g/mol. The van der Waals surface area contributed by atoms with Crippen molar-refractivity contribution in [2.45, 2.75) is 13.5 Å². The van der Waals surface area contributed by atoms with E-state index in [0.29, 0.717) is 12.1 Å². The number of carbonyl (C=O) groups is 1. The van der Waals surface area contributed by atoms with Gasteiger partial charge in [-0.25, -0.2) is 4.98 Å². The first-order valence-corrected chi connectivity index (χ1v) is 6.54. The van der Waals surface area contributed by atoms with Crippen LogP contribution in [0.5, 0.6) is 0 Å². The minimum Gasteiger partial charge on any atom is -0.363 e. The summed E-state index contributed by atoms with van der Waals surface area (Å²) in [4.78, 5) is 18.4. The van der Waals surface area contributed by atoms with Crippen molar-refractivity contribution >= 4 is 11.7 Å². The largest absolute Gasteiger partial charge is 0.363 e. The maximum Gasteiger partial charge on any atom is 0.251 e. The summed E-state index contributed by atoms with van der Waals surface area (Å²) in [6.45, 7) is 2.42. The first-order valence-electron chi connectivity index (χ1n) is 6.54. The fraction of sp³-hybridized carbons (Fsp3) is 0.250. The van der Waals surface area contributed by atoms with Crippen molar-refractivity contribution in [3.8, 4) is 0 Å². The van der Waals surface area contributed by atoms with Gasteiger partial charge in [0.25, 0.3) is 5.91 Å². The molecule has 0 bridgehead atoms. The molecule has 1 amide bonds. The number of nitrogens with one attached hydrogen (secondary N) is 1. The molecule has 0 aliphatic rings. The van der Waals surface area contributed by atoms with Crippen molar-refractivity contribution in [1.82, 2.24) is 10.3 Å². The SMILES string of the molecule is Cc1ccc(C(=O)NCc2cccc(N(C)C)n2)cc1. The minimum absolute atomic E-state index is 0.0814. The Morgan fingerprint density at radius 3 is 2.50 bits per heavy atom. The average Bonchev–Trinajstić information content (AvgIpc) is 2.46. The van der Waals surface area contributed by atoms with Crippen LogP contribution < -0.4 is 10.2 Å². The topological polar surface area (TPSA) is 45.2 Å². The second kappa shape index (κ2) is 6.19. The molecule has 4 nitrogen and oxygen atoms in total. The van der Waals surface area contributed by atoms with Gasteiger partial charge >= 0.3 is 0 Å². The standard InChI is InChI=1S/C16H19N3O/c1-12-7-9-13(10-8-12)16(20)17-11-14-5-4-6-15(18-14)19(2)3/h4-10H,11H2,1-3H3,(H,17,20). The average molecular weight is 269 g/mol. The molecule has 20 heavy (non-hydrogen) atoms. The minimum atomic E-state index is -0.0814. The van der Waals surface area contributed by atoms with E-state index in [-0.39, 0.29) is 5.91 Å². The quantitative estimate of drug-likeness (QED) is 0.927. The van der Waals surface area contributed by atoms with Gasteiger partial charge in [0.1, 0.15) is 5.82 Å². The predicted octanol–water partition coefficient (Wildman–Crippen LogP) is 2.39. The van der Waals surface area contributed by atoms with Crippen LogP contribution in [0.4, 0.5) is 5.82 Å². The molecular formula is C16H19N3O. The molecular weight excluding hydrogens is 250 g/mol. The van der Waals surface area contributed by atoms with Crippen molar-refractivity contribution in [3.63, 3.8) is 0 Å². The van der Waals surface area contributed by atoms with Gasteiger partial charge < -0.3 is 10.2 Å². The number of rotatable bonds is 4. The lowest BCUT2D eigenvalue weighted by molar-refractivity contribution is 0.0950. The van der Waals surface area contributed by atoms with Crippen molar-refractivity contribution in [3.05, 3.63) is 59.3 Å². The van der Waals surface area contributed by atoms with E-state index in [1.54, 1.807) is 0 Å². The van der Waals surface area contributed by atoms with Crippen LogP contribution in [-0.4, -0.2) is 25.0 Å². The van der Waals surface area contributed by atoms with Crippen LogP contribution >= 0.6 is 0 Å². The molecule has 1 heterocycles. The molecule has 0 aliphatic carbocycles. The van der Waals surface area contributed by atoms with Gasteiger partial charge in [0.2, 0.25) is 0 Å². The van der Waals surface area contributed by atoms with E-state index in [0.717, 1.165) is 17.1 Å². The summed E-state index contributed by atoms with van der Waals surface area (Å²) in [5, 5.41) is 2.88. The summed E-state index contributed by atoms with van der Waals surface area (Å²) in [5.41, 5.74) is 2.65. The molecule has 1 aromatic carbocycles. The number of benzene rings is 1. The summed E-state index contributed by atoms with van der Waals surface area (Å²) < 4.78 is 0. The Bertz CT molecular complexity index is 591. The van der Waals surface area contributed by atoms with Crippen LogP contribution in [0.25, 0.3) is 0 Å². The Labute approximate surface area is 119 Å². The normalized spacial score (nSPS) is 10.2. The number of aromatic nitrogens is 1. The second-order valence-corrected chi connectivity index (χ2v) is 4.93. The van der Waals surface area contributed by atoms with Gasteiger partial charge in [-0.1, -0.05) is 23.8 Å². The third kappa shape index (κ3) is 3.57. The fourth-order valence-electron chi connectivity index (χ4n) is 1.79. The highest BCUT2D eigenvalue weighted by atomic mass is 16.1. The smallest absolute Gasteiger partial charge is 0.251 e. The number of nitrogens with zero attached hydrogens (tertiary/aromatic N) is 2. The van der Waals surface area contributed by atoms with E-state index in [9.17, 15) is 4.79 Å². The highest BCUT2D eigenvalue weighted by Gasteiger charge is 2.05. The summed E-state index contributed by atoms with van der Waals surface area (Å²) in [5.74, 6) is 0.800. The molecule has 2 aromatic rings. The number of aryl methyl sites for hydroxylation is 1. The van der Waals surface area contributed by atoms with E-state index >= 15 is 0 Å². The Morgan fingerprint density at radius 1 is 1.15 bits per heavy atom. The summed E-state index contributed by atoms with van der Waals surface area (Å²) >= 11 is 0. The van der Waals surface area contributed by atoms with E-state index < -0.39 is 0 Å². The number of hydrogen-bond donors (Lipinski definition) is 1. The van der Waals surface area contributed by atoms with Crippen molar-refractivity contribution in [2.75, 3.05) is 19.0 Å². The van der Waals surface area contributed by atoms with Crippen molar-refractivity contribution in [1.29, 1.82) is 0 Å². The van der Waals surface area contributed by atoms with Crippen LogP contribution in [0.1, 0.15) is 21.6 Å². The van der Waals surface area contributed by atoms with E-state index in [2.05, 4.69) is 10.3 Å². The van der Waals surface area contributed by atoms with Gasteiger partial charge in [-0.3, -0.25) is 4.79 Å². The number of pyridine rings is 1. The second-order valence-electron chi connectivity index (χ2n) is 4.93. The number of amides is 1. The molecule has 4 heteroatoms. The summed E-state index contributed by atoms with van der Waals surface area (Å²) in [6.07, 6.45) is 0. The third-order valence-corrected chi connectivity index (χ3v) is 2.99. The highest BCUT2D eigenvalue weighted by Crippen LogP contribution is 2.08. The molecule has 0 saturated heterocycles. The van der Waals surface area contributed by atoms with Crippen LogP contribution in [0.2, 0.25) is 0 Å². The summed E-state index contributed by atoms with van der Waals surface area (Å²) in [6, 6.07) is 13.3. The van der Waals surface area contributed by atoms with Crippen LogP contribution in [0.15, 0.2) is 42.5 Å². The third-order valence-electron chi connectivity index (χ3n) is 2.99.